The maximum Gasteiger partial charge on any atom is 0.143 e. The Labute approximate surface area is 119 Å². The number of aliphatic hydroxyl groups is 1. The average molecular weight is 276 g/mol. The van der Waals surface area contributed by atoms with Gasteiger partial charge in [0.1, 0.15) is 17.4 Å². The van der Waals surface area contributed by atoms with Crippen molar-refractivity contribution in [1.29, 1.82) is 5.26 Å². The van der Waals surface area contributed by atoms with Crippen LogP contribution in [0, 0.1) is 23.1 Å². The molecule has 2 rings (SSSR count). The van der Waals surface area contributed by atoms with Gasteiger partial charge < -0.3 is 10.4 Å². The van der Waals surface area contributed by atoms with Gasteiger partial charge in [-0.3, -0.25) is 0 Å². The summed E-state index contributed by atoms with van der Waals surface area (Å²) in [7, 11) is 0. The summed E-state index contributed by atoms with van der Waals surface area (Å²) in [4.78, 5) is 0. The van der Waals surface area contributed by atoms with Crippen LogP contribution in [0.3, 0.4) is 0 Å². The monoisotopic (exact) mass is 276 g/mol. The highest BCUT2D eigenvalue weighted by Crippen LogP contribution is 2.34. The number of rotatable bonds is 4. The highest BCUT2D eigenvalue weighted by molar-refractivity contribution is 5.58. The smallest absolute Gasteiger partial charge is 0.143 e. The summed E-state index contributed by atoms with van der Waals surface area (Å²) < 4.78 is 13.5. The second kappa shape index (κ2) is 6.23. The molecular weight excluding hydrogens is 255 g/mol. The van der Waals surface area contributed by atoms with Crippen molar-refractivity contribution in [3.8, 4) is 6.07 Å². The molecule has 108 valence electrons. The predicted molar refractivity (Wildman–Crippen MR) is 76.8 cm³/mol. The first kappa shape index (κ1) is 14.8. The van der Waals surface area contributed by atoms with Gasteiger partial charge in [-0.2, -0.15) is 5.26 Å². The molecular formula is C16H21FN2O. The molecule has 1 aliphatic carbocycles. The number of benzene rings is 1. The molecule has 0 heterocycles. The maximum atomic E-state index is 13.5. The van der Waals surface area contributed by atoms with Crippen molar-refractivity contribution < 1.29 is 9.50 Å². The van der Waals surface area contributed by atoms with E-state index in [-0.39, 0.29) is 5.56 Å². The Balaban J connectivity index is 1.99. The van der Waals surface area contributed by atoms with E-state index in [1.165, 1.54) is 6.07 Å². The number of halogens is 1. The standard InChI is InChI=1S/C16H21FN2O/c1-2-12-6-8-16(20,9-7-12)11-19-15-5-3-4-14(17)13(15)10-18/h3-5,12,19-20H,2,6-9,11H2,1H3. The molecule has 4 heteroatoms. The fourth-order valence-electron chi connectivity index (χ4n) is 2.84. The minimum Gasteiger partial charge on any atom is -0.388 e. The number of hydrogen-bond donors (Lipinski definition) is 2. The van der Waals surface area contributed by atoms with Gasteiger partial charge in [-0.1, -0.05) is 19.4 Å². The summed E-state index contributed by atoms with van der Waals surface area (Å²) in [5.41, 5.74) is -0.276. The third kappa shape index (κ3) is 3.29. The third-order valence-corrected chi connectivity index (χ3v) is 4.35. The largest absolute Gasteiger partial charge is 0.388 e. The van der Waals surface area contributed by atoms with E-state index in [4.69, 9.17) is 5.26 Å². The quantitative estimate of drug-likeness (QED) is 0.885. The van der Waals surface area contributed by atoms with E-state index in [2.05, 4.69) is 12.2 Å². The molecule has 20 heavy (non-hydrogen) atoms. The van der Waals surface area contributed by atoms with Crippen molar-refractivity contribution in [2.45, 2.75) is 44.6 Å². The number of anilines is 1. The van der Waals surface area contributed by atoms with Crippen molar-refractivity contribution in [2.75, 3.05) is 11.9 Å². The normalized spacial score (nSPS) is 26.0. The van der Waals surface area contributed by atoms with Crippen LogP contribution in [0.15, 0.2) is 18.2 Å². The molecule has 0 amide bonds. The van der Waals surface area contributed by atoms with E-state index in [0.29, 0.717) is 18.2 Å². The lowest BCUT2D eigenvalue weighted by molar-refractivity contribution is 0.00228. The van der Waals surface area contributed by atoms with Crippen LogP contribution in [0.25, 0.3) is 0 Å². The van der Waals surface area contributed by atoms with E-state index in [1.54, 1.807) is 12.1 Å². The van der Waals surface area contributed by atoms with Gasteiger partial charge in [0, 0.05) is 6.54 Å². The van der Waals surface area contributed by atoms with Crippen LogP contribution < -0.4 is 5.32 Å². The predicted octanol–water partition coefficient (Wildman–Crippen LogP) is 3.44. The van der Waals surface area contributed by atoms with E-state index in [9.17, 15) is 9.50 Å². The van der Waals surface area contributed by atoms with E-state index < -0.39 is 11.4 Å². The molecule has 0 saturated heterocycles. The van der Waals surface area contributed by atoms with Crippen LogP contribution in [-0.2, 0) is 0 Å². The Kier molecular flexibility index (Phi) is 4.61. The van der Waals surface area contributed by atoms with Gasteiger partial charge in [-0.15, -0.1) is 0 Å². The number of nitrogens with zero attached hydrogens (tertiary/aromatic N) is 1. The van der Waals surface area contributed by atoms with Crippen molar-refractivity contribution in [1.82, 2.24) is 0 Å². The SMILES string of the molecule is CCC1CCC(O)(CNc2cccc(F)c2C#N)CC1. The molecule has 0 radical (unpaired) electrons. The second-order valence-corrected chi connectivity index (χ2v) is 5.70. The van der Waals surface area contributed by atoms with Crippen molar-refractivity contribution >= 4 is 5.69 Å². The van der Waals surface area contributed by atoms with Gasteiger partial charge in [0.25, 0.3) is 0 Å². The van der Waals surface area contributed by atoms with Crippen LogP contribution in [0.4, 0.5) is 10.1 Å². The van der Waals surface area contributed by atoms with Gasteiger partial charge in [-0.05, 0) is 43.7 Å². The van der Waals surface area contributed by atoms with Crippen molar-refractivity contribution in [2.24, 2.45) is 5.92 Å². The zero-order chi connectivity index (χ0) is 14.6. The summed E-state index contributed by atoms with van der Waals surface area (Å²) in [5, 5.41) is 22.5. The zero-order valence-electron chi connectivity index (χ0n) is 11.8. The van der Waals surface area contributed by atoms with E-state index in [1.807, 2.05) is 6.07 Å². The van der Waals surface area contributed by atoms with Crippen LogP contribution >= 0.6 is 0 Å². The minimum atomic E-state index is -0.745. The first-order valence-corrected chi connectivity index (χ1v) is 7.23. The van der Waals surface area contributed by atoms with Gasteiger partial charge in [0.2, 0.25) is 0 Å². The Morgan fingerprint density at radius 3 is 2.75 bits per heavy atom. The molecule has 1 saturated carbocycles. The molecule has 0 atom stereocenters. The fourth-order valence-corrected chi connectivity index (χ4v) is 2.84. The molecule has 3 nitrogen and oxygen atoms in total. The lowest BCUT2D eigenvalue weighted by atomic mass is 9.78. The van der Waals surface area contributed by atoms with Gasteiger partial charge >= 0.3 is 0 Å². The average Bonchev–Trinajstić information content (AvgIpc) is 2.46. The van der Waals surface area contributed by atoms with Crippen LogP contribution in [0.1, 0.15) is 44.6 Å². The lowest BCUT2D eigenvalue weighted by Gasteiger charge is -2.36. The number of nitrogens with one attached hydrogen (secondary N) is 1. The van der Waals surface area contributed by atoms with Gasteiger partial charge in [0.05, 0.1) is 11.3 Å². The Morgan fingerprint density at radius 2 is 2.15 bits per heavy atom. The van der Waals surface area contributed by atoms with Gasteiger partial charge in [-0.25, -0.2) is 4.39 Å². The number of hydrogen-bond acceptors (Lipinski definition) is 3. The lowest BCUT2D eigenvalue weighted by Crippen LogP contribution is -2.40. The van der Waals surface area contributed by atoms with Gasteiger partial charge in [0.15, 0.2) is 0 Å². The molecule has 0 aliphatic heterocycles. The fraction of sp³-hybridized carbons (Fsp3) is 0.562. The first-order chi connectivity index (χ1) is 9.58. The summed E-state index contributed by atoms with van der Waals surface area (Å²) in [6.45, 7) is 2.54. The van der Waals surface area contributed by atoms with Crippen LogP contribution in [0.5, 0.6) is 0 Å². The molecule has 1 aromatic rings. The summed E-state index contributed by atoms with van der Waals surface area (Å²) >= 11 is 0. The van der Waals surface area contributed by atoms with Crippen molar-refractivity contribution in [3.63, 3.8) is 0 Å². The minimum absolute atomic E-state index is 0.0124. The second-order valence-electron chi connectivity index (χ2n) is 5.70. The summed E-state index contributed by atoms with van der Waals surface area (Å²) in [5.74, 6) is 0.179. The molecule has 1 aromatic carbocycles. The molecule has 2 N–H and O–H groups in total. The summed E-state index contributed by atoms with van der Waals surface area (Å²) in [6.07, 6.45) is 4.74. The zero-order valence-corrected chi connectivity index (χ0v) is 11.8. The van der Waals surface area contributed by atoms with E-state index in [0.717, 1.165) is 32.1 Å². The van der Waals surface area contributed by atoms with Crippen LogP contribution in [0.2, 0.25) is 0 Å². The Hall–Kier alpha value is -1.60. The Morgan fingerprint density at radius 1 is 1.45 bits per heavy atom. The highest BCUT2D eigenvalue weighted by atomic mass is 19.1. The summed E-state index contributed by atoms with van der Waals surface area (Å²) in [6, 6.07) is 6.37. The highest BCUT2D eigenvalue weighted by Gasteiger charge is 2.32. The third-order valence-electron chi connectivity index (χ3n) is 4.35. The van der Waals surface area contributed by atoms with Crippen molar-refractivity contribution in [3.05, 3.63) is 29.6 Å². The molecule has 0 aromatic heterocycles. The molecule has 0 unspecified atom stereocenters. The topological polar surface area (TPSA) is 56.0 Å². The molecule has 0 bridgehead atoms. The van der Waals surface area contributed by atoms with Crippen LogP contribution in [-0.4, -0.2) is 17.3 Å². The first-order valence-electron chi connectivity index (χ1n) is 7.23. The van der Waals surface area contributed by atoms with E-state index >= 15 is 0 Å². The molecule has 1 aliphatic rings. The Bertz CT molecular complexity index is 502. The molecule has 1 fully saturated rings. The number of nitriles is 1. The maximum absolute atomic E-state index is 13.5. The molecule has 0 spiro atoms.